The Balaban J connectivity index is 1.78. The number of nitrogens with one attached hydrogen (secondary N) is 1. The number of thioether (sulfide) groups is 1. The molecule has 1 aromatic rings. The van der Waals surface area contributed by atoms with Crippen LogP contribution in [0, 0.1) is 12.3 Å². The first-order valence-corrected chi connectivity index (χ1v) is 6.76. The second-order valence-corrected chi connectivity index (χ2v) is 5.12. The number of hydrogen-bond donors (Lipinski definition) is 1. The predicted octanol–water partition coefficient (Wildman–Crippen LogP) is 2.88. The average molecular weight is 231 g/mol. The zero-order valence-corrected chi connectivity index (χ0v) is 10.2. The van der Waals surface area contributed by atoms with Crippen LogP contribution in [-0.4, -0.2) is 18.8 Å². The Morgan fingerprint density at radius 2 is 2.31 bits per heavy atom. The summed E-state index contributed by atoms with van der Waals surface area (Å²) in [5.74, 6) is 4.55. The van der Waals surface area contributed by atoms with E-state index in [9.17, 15) is 0 Å². The molecule has 1 aliphatic rings. The predicted molar refractivity (Wildman–Crippen MR) is 70.8 cm³/mol. The fourth-order valence-electron chi connectivity index (χ4n) is 1.99. The summed E-state index contributed by atoms with van der Waals surface area (Å²) in [6, 6.07) is 8.73. The Bertz CT molecular complexity index is 381. The number of benzene rings is 1. The van der Waals surface area contributed by atoms with Crippen LogP contribution in [-0.2, 0) is 0 Å². The summed E-state index contributed by atoms with van der Waals surface area (Å²) in [7, 11) is 0. The summed E-state index contributed by atoms with van der Waals surface area (Å²) < 4.78 is 0. The lowest BCUT2D eigenvalue weighted by Crippen LogP contribution is -2.22. The van der Waals surface area contributed by atoms with Crippen molar-refractivity contribution >= 4 is 11.8 Å². The molecule has 1 aromatic carbocycles. The van der Waals surface area contributed by atoms with Crippen LogP contribution >= 0.6 is 11.8 Å². The molecular formula is C14H17NS. The van der Waals surface area contributed by atoms with Gasteiger partial charge in [0.25, 0.3) is 0 Å². The van der Waals surface area contributed by atoms with Gasteiger partial charge in [0.05, 0.1) is 0 Å². The highest BCUT2D eigenvalue weighted by molar-refractivity contribution is 7.99. The Labute approximate surface area is 102 Å². The molecule has 1 atom stereocenters. The molecule has 1 unspecified atom stereocenters. The summed E-state index contributed by atoms with van der Waals surface area (Å²) in [6.07, 6.45) is 7.17. The molecular weight excluding hydrogens is 214 g/mol. The van der Waals surface area contributed by atoms with Crippen molar-refractivity contribution in [3.63, 3.8) is 0 Å². The first kappa shape index (κ1) is 11.6. The topological polar surface area (TPSA) is 12.0 Å². The van der Waals surface area contributed by atoms with Gasteiger partial charge in [-0.15, -0.1) is 24.1 Å². The number of rotatable bonds is 5. The molecule has 2 rings (SSSR count). The molecule has 0 aromatic heterocycles. The Hall–Kier alpha value is -0.910. The highest BCUT2D eigenvalue weighted by atomic mass is 32.2. The maximum Gasteiger partial charge on any atom is 0.0108 e. The minimum absolute atomic E-state index is 0.673. The van der Waals surface area contributed by atoms with Crippen LogP contribution < -0.4 is 5.32 Å². The monoisotopic (exact) mass is 231 g/mol. The minimum atomic E-state index is 0.673. The lowest BCUT2D eigenvalue weighted by Gasteiger charge is -2.11. The standard InChI is InChI=1S/C14H17NS/c1-2-3-6-9-15-10-12-11-16-14-8-5-4-7-13(12)14/h1,4-5,7-8,12,15H,3,6,9-11H2. The van der Waals surface area contributed by atoms with E-state index in [2.05, 4.69) is 35.5 Å². The van der Waals surface area contributed by atoms with Crippen LogP contribution in [0.2, 0.25) is 0 Å². The van der Waals surface area contributed by atoms with E-state index in [1.54, 1.807) is 0 Å². The van der Waals surface area contributed by atoms with Crippen LogP contribution in [0.1, 0.15) is 24.3 Å². The quantitative estimate of drug-likeness (QED) is 0.618. The lowest BCUT2D eigenvalue weighted by atomic mass is 10.0. The highest BCUT2D eigenvalue weighted by Gasteiger charge is 2.21. The van der Waals surface area contributed by atoms with E-state index >= 15 is 0 Å². The molecule has 0 amide bonds. The molecule has 0 saturated heterocycles. The largest absolute Gasteiger partial charge is 0.316 e. The third-order valence-corrected chi connectivity index (χ3v) is 4.12. The minimum Gasteiger partial charge on any atom is -0.316 e. The Morgan fingerprint density at radius 3 is 3.19 bits per heavy atom. The van der Waals surface area contributed by atoms with Gasteiger partial charge in [0.1, 0.15) is 0 Å². The number of terminal acetylenes is 1. The Kier molecular flexibility index (Phi) is 4.33. The summed E-state index contributed by atoms with van der Waals surface area (Å²) in [4.78, 5) is 1.46. The second-order valence-electron chi connectivity index (χ2n) is 4.06. The molecule has 16 heavy (non-hydrogen) atoms. The fourth-order valence-corrected chi connectivity index (χ4v) is 3.24. The zero-order valence-electron chi connectivity index (χ0n) is 9.41. The van der Waals surface area contributed by atoms with Crippen molar-refractivity contribution in [1.29, 1.82) is 0 Å². The fraction of sp³-hybridized carbons (Fsp3) is 0.429. The normalized spacial score (nSPS) is 18.1. The van der Waals surface area contributed by atoms with E-state index in [0.717, 1.165) is 25.9 Å². The SMILES string of the molecule is C#CCCCNCC1CSc2ccccc21. The maximum absolute atomic E-state index is 5.21. The van der Waals surface area contributed by atoms with Crippen LogP contribution in [0.5, 0.6) is 0 Å². The van der Waals surface area contributed by atoms with Crippen molar-refractivity contribution < 1.29 is 0 Å². The van der Waals surface area contributed by atoms with Crippen molar-refractivity contribution in [3.8, 4) is 12.3 Å². The number of fused-ring (bicyclic) bond motifs is 1. The van der Waals surface area contributed by atoms with E-state index in [-0.39, 0.29) is 0 Å². The molecule has 2 heteroatoms. The number of hydrogen-bond acceptors (Lipinski definition) is 2. The van der Waals surface area contributed by atoms with Gasteiger partial charge in [-0.2, -0.15) is 0 Å². The van der Waals surface area contributed by atoms with Crippen molar-refractivity contribution in [2.45, 2.75) is 23.7 Å². The third-order valence-electron chi connectivity index (χ3n) is 2.86. The molecule has 84 valence electrons. The van der Waals surface area contributed by atoms with E-state index < -0.39 is 0 Å². The summed E-state index contributed by atoms with van der Waals surface area (Å²) >= 11 is 1.97. The molecule has 0 spiro atoms. The zero-order chi connectivity index (χ0) is 11.2. The lowest BCUT2D eigenvalue weighted by molar-refractivity contribution is 0.606. The molecule has 0 saturated carbocycles. The van der Waals surface area contributed by atoms with Crippen molar-refractivity contribution in [3.05, 3.63) is 29.8 Å². The molecule has 1 nitrogen and oxygen atoms in total. The first-order valence-electron chi connectivity index (χ1n) is 5.77. The average Bonchev–Trinajstić information content (AvgIpc) is 2.73. The van der Waals surface area contributed by atoms with E-state index in [0.29, 0.717) is 5.92 Å². The van der Waals surface area contributed by atoms with Crippen LogP contribution in [0.3, 0.4) is 0 Å². The summed E-state index contributed by atoms with van der Waals surface area (Å²) in [6.45, 7) is 2.11. The molecule has 0 aliphatic carbocycles. The van der Waals surface area contributed by atoms with Crippen molar-refractivity contribution in [2.24, 2.45) is 0 Å². The van der Waals surface area contributed by atoms with Gasteiger partial charge < -0.3 is 5.32 Å². The van der Waals surface area contributed by atoms with Crippen molar-refractivity contribution in [2.75, 3.05) is 18.8 Å². The number of unbranched alkanes of at least 4 members (excludes halogenated alkanes) is 1. The molecule has 0 fully saturated rings. The molecule has 1 heterocycles. The summed E-state index contributed by atoms with van der Waals surface area (Å²) in [5.41, 5.74) is 1.51. The molecule has 1 N–H and O–H groups in total. The summed E-state index contributed by atoms with van der Waals surface area (Å²) in [5, 5.41) is 3.49. The third kappa shape index (κ3) is 2.81. The molecule has 1 aliphatic heterocycles. The van der Waals surface area contributed by atoms with Gasteiger partial charge >= 0.3 is 0 Å². The van der Waals surface area contributed by atoms with E-state index in [1.165, 1.54) is 16.2 Å². The Morgan fingerprint density at radius 1 is 1.44 bits per heavy atom. The van der Waals surface area contributed by atoms with Gasteiger partial charge in [-0.1, -0.05) is 18.2 Å². The van der Waals surface area contributed by atoms with Crippen molar-refractivity contribution in [1.82, 2.24) is 5.32 Å². The van der Waals surface area contributed by atoms with Gasteiger partial charge in [0.2, 0.25) is 0 Å². The smallest absolute Gasteiger partial charge is 0.0108 e. The van der Waals surface area contributed by atoms with E-state index in [4.69, 9.17) is 6.42 Å². The second kappa shape index (κ2) is 5.98. The highest BCUT2D eigenvalue weighted by Crippen LogP contribution is 2.38. The van der Waals surface area contributed by atoms with Gasteiger partial charge in [-0.25, -0.2) is 0 Å². The molecule has 0 bridgehead atoms. The molecule has 0 radical (unpaired) electrons. The van der Waals surface area contributed by atoms with E-state index in [1.807, 2.05) is 11.8 Å². The van der Waals surface area contributed by atoms with Crippen LogP contribution in [0.4, 0.5) is 0 Å². The maximum atomic E-state index is 5.21. The van der Waals surface area contributed by atoms with Crippen LogP contribution in [0.15, 0.2) is 29.2 Å². The first-order chi connectivity index (χ1) is 7.92. The van der Waals surface area contributed by atoms with Gasteiger partial charge in [0, 0.05) is 29.5 Å². The van der Waals surface area contributed by atoms with Gasteiger partial charge in [-0.05, 0) is 24.6 Å². The van der Waals surface area contributed by atoms with Gasteiger partial charge in [0.15, 0.2) is 0 Å². The van der Waals surface area contributed by atoms with Gasteiger partial charge in [-0.3, -0.25) is 0 Å². The van der Waals surface area contributed by atoms with Crippen LogP contribution in [0.25, 0.3) is 0 Å².